The van der Waals surface area contributed by atoms with E-state index in [0.29, 0.717) is 0 Å². The lowest BCUT2D eigenvalue weighted by atomic mass is 9.84. The van der Waals surface area contributed by atoms with E-state index in [1.165, 1.54) is 18.4 Å². The van der Waals surface area contributed by atoms with Crippen LogP contribution in [0, 0.1) is 5.92 Å². The van der Waals surface area contributed by atoms with E-state index in [2.05, 4.69) is 57.3 Å². The Morgan fingerprint density at radius 1 is 1.25 bits per heavy atom. The third-order valence-corrected chi connectivity index (χ3v) is 4.62. The van der Waals surface area contributed by atoms with E-state index in [0.717, 1.165) is 24.4 Å². The molecular formula is C18H29NO. The zero-order valence-corrected chi connectivity index (χ0v) is 13.3. The average Bonchev–Trinajstić information content (AvgIpc) is 2.46. The van der Waals surface area contributed by atoms with Gasteiger partial charge in [-0.15, -0.1) is 0 Å². The van der Waals surface area contributed by atoms with Crippen LogP contribution in [0.3, 0.4) is 0 Å². The zero-order chi connectivity index (χ0) is 14.8. The van der Waals surface area contributed by atoms with Gasteiger partial charge in [0.05, 0.1) is 6.10 Å². The molecule has 0 saturated carbocycles. The molecule has 1 aromatic carbocycles. The van der Waals surface area contributed by atoms with Crippen LogP contribution >= 0.6 is 0 Å². The minimum absolute atomic E-state index is 0.167. The highest BCUT2D eigenvalue weighted by Crippen LogP contribution is 2.29. The van der Waals surface area contributed by atoms with Crippen LogP contribution in [0.1, 0.15) is 64.2 Å². The number of benzene rings is 1. The van der Waals surface area contributed by atoms with Gasteiger partial charge in [0.1, 0.15) is 0 Å². The molecule has 0 aliphatic carbocycles. The second kappa shape index (κ2) is 6.28. The summed E-state index contributed by atoms with van der Waals surface area (Å²) >= 11 is 0. The van der Waals surface area contributed by atoms with Gasteiger partial charge in [0.15, 0.2) is 0 Å². The predicted octanol–water partition coefficient (Wildman–Crippen LogP) is 3.80. The topological polar surface area (TPSA) is 32.3 Å². The van der Waals surface area contributed by atoms with Crippen molar-refractivity contribution in [1.29, 1.82) is 0 Å². The average molecular weight is 275 g/mol. The van der Waals surface area contributed by atoms with E-state index in [1.807, 2.05) is 0 Å². The number of hydrogen-bond donors (Lipinski definition) is 2. The lowest BCUT2D eigenvalue weighted by Crippen LogP contribution is -2.42. The summed E-state index contributed by atoms with van der Waals surface area (Å²) in [7, 11) is 0. The highest BCUT2D eigenvalue weighted by molar-refractivity contribution is 5.29. The van der Waals surface area contributed by atoms with Crippen molar-refractivity contribution in [2.75, 3.05) is 6.54 Å². The summed E-state index contributed by atoms with van der Waals surface area (Å²) in [6.45, 7) is 9.92. The lowest BCUT2D eigenvalue weighted by molar-refractivity contribution is 0.0978. The number of rotatable bonds is 3. The highest BCUT2D eigenvalue weighted by Gasteiger charge is 2.27. The van der Waals surface area contributed by atoms with Gasteiger partial charge in [-0.25, -0.2) is 0 Å². The molecule has 0 amide bonds. The molecule has 0 bridgehead atoms. The Balaban J connectivity index is 2.07. The molecule has 1 aliphatic heterocycles. The van der Waals surface area contributed by atoms with E-state index in [4.69, 9.17) is 0 Å². The van der Waals surface area contributed by atoms with Crippen molar-refractivity contribution in [3.63, 3.8) is 0 Å². The SMILES string of the molecule is CCC1CCNC(C(O)c2ccc(C(C)(C)C)cc2)C1. The van der Waals surface area contributed by atoms with Gasteiger partial charge >= 0.3 is 0 Å². The molecule has 0 radical (unpaired) electrons. The Morgan fingerprint density at radius 3 is 2.45 bits per heavy atom. The van der Waals surface area contributed by atoms with Crippen molar-refractivity contribution < 1.29 is 5.11 Å². The second-order valence-corrected chi connectivity index (χ2v) is 7.18. The van der Waals surface area contributed by atoms with Crippen LogP contribution in [0.2, 0.25) is 0 Å². The van der Waals surface area contributed by atoms with Crippen molar-refractivity contribution >= 4 is 0 Å². The molecule has 0 aromatic heterocycles. The maximum Gasteiger partial charge on any atom is 0.0943 e. The first-order chi connectivity index (χ1) is 9.41. The minimum atomic E-state index is -0.390. The van der Waals surface area contributed by atoms with E-state index < -0.39 is 6.10 Å². The fourth-order valence-electron chi connectivity index (χ4n) is 3.06. The quantitative estimate of drug-likeness (QED) is 0.879. The Bertz CT molecular complexity index is 418. The van der Waals surface area contributed by atoms with E-state index in [1.54, 1.807) is 0 Å². The molecule has 1 aliphatic rings. The van der Waals surface area contributed by atoms with Crippen LogP contribution in [-0.2, 0) is 5.41 Å². The molecule has 3 unspecified atom stereocenters. The predicted molar refractivity (Wildman–Crippen MR) is 84.9 cm³/mol. The Hall–Kier alpha value is -0.860. The summed E-state index contributed by atoms with van der Waals surface area (Å²) in [5, 5.41) is 14.1. The summed E-state index contributed by atoms with van der Waals surface area (Å²) in [5.41, 5.74) is 2.52. The number of piperidine rings is 1. The highest BCUT2D eigenvalue weighted by atomic mass is 16.3. The van der Waals surface area contributed by atoms with Crippen LogP contribution in [-0.4, -0.2) is 17.7 Å². The van der Waals surface area contributed by atoms with Crippen molar-refractivity contribution in [1.82, 2.24) is 5.32 Å². The van der Waals surface area contributed by atoms with E-state index in [9.17, 15) is 5.11 Å². The smallest absolute Gasteiger partial charge is 0.0943 e. The van der Waals surface area contributed by atoms with Gasteiger partial charge in [-0.05, 0) is 41.8 Å². The van der Waals surface area contributed by atoms with Crippen LogP contribution in [0.25, 0.3) is 0 Å². The van der Waals surface area contributed by atoms with Crippen molar-refractivity contribution in [2.45, 2.75) is 64.5 Å². The summed E-state index contributed by atoms with van der Waals surface area (Å²) in [6.07, 6.45) is 3.15. The second-order valence-electron chi connectivity index (χ2n) is 7.18. The minimum Gasteiger partial charge on any atom is -0.387 e. The normalized spacial score (nSPS) is 25.4. The Morgan fingerprint density at radius 2 is 1.90 bits per heavy atom. The van der Waals surface area contributed by atoms with Gasteiger partial charge in [0, 0.05) is 6.04 Å². The van der Waals surface area contributed by atoms with Crippen LogP contribution < -0.4 is 5.32 Å². The number of hydrogen-bond acceptors (Lipinski definition) is 2. The molecule has 1 heterocycles. The molecule has 1 aromatic rings. The standard InChI is InChI=1S/C18H29NO/c1-5-13-10-11-19-16(12-13)17(20)14-6-8-15(9-7-14)18(2,3)4/h6-9,13,16-17,19-20H,5,10-12H2,1-4H3. The van der Waals surface area contributed by atoms with Crippen molar-refractivity contribution in [3.05, 3.63) is 35.4 Å². The van der Waals surface area contributed by atoms with Crippen molar-refractivity contribution in [3.8, 4) is 0 Å². The van der Waals surface area contributed by atoms with Crippen molar-refractivity contribution in [2.24, 2.45) is 5.92 Å². The van der Waals surface area contributed by atoms with Gasteiger partial charge < -0.3 is 10.4 Å². The maximum absolute atomic E-state index is 10.6. The summed E-state index contributed by atoms with van der Waals surface area (Å²) < 4.78 is 0. The molecule has 112 valence electrons. The Kier molecular flexibility index (Phi) is 4.87. The monoisotopic (exact) mass is 275 g/mol. The number of nitrogens with one attached hydrogen (secondary N) is 1. The van der Waals surface area contributed by atoms with Crippen LogP contribution in [0.15, 0.2) is 24.3 Å². The third kappa shape index (κ3) is 3.62. The molecular weight excluding hydrogens is 246 g/mol. The fraction of sp³-hybridized carbons (Fsp3) is 0.667. The van der Waals surface area contributed by atoms with E-state index in [-0.39, 0.29) is 11.5 Å². The lowest BCUT2D eigenvalue weighted by Gasteiger charge is -2.33. The van der Waals surface area contributed by atoms with Crippen LogP contribution in [0.5, 0.6) is 0 Å². The van der Waals surface area contributed by atoms with Gasteiger partial charge in [-0.3, -0.25) is 0 Å². The maximum atomic E-state index is 10.6. The van der Waals surface area contributed by atoms with Crippen LogP contribution in [0.4, 0.5) is 0 Å². The molecule has 2 heteroatoms. The number of aliphatic hydroxyl groups excluding tert-OH is 1. The molecule has 1 fully saturated rings. The molecule has 2 N–H and O–H groups in total. The van der Waals surface area contributed by atoms with E-state index >= 15 is 0 Å². The van der Waals surface area contributed by atoms with Gasteiger partial charge in [0.25, 0.3) is 0 Å². The zero-order valence-electron chi connectivity index (χ0n) is 13.3. The first-order valence-corrected chi connectivity index (χ1v) is 7.93. The number of aliphatic hydroxyl groups is 1. The van der Waals surface area contributed by atoms with Gasteiger partial charge in [-0.2, -0.15) is 0 Å². The summed E-state index contributed by atoms with van der Waals surface area (Å²) in [4.78, 5) is 0. The first-order valence-electron chi connectivity index (χ1n) is 7.93. The fourth-order valence-corrected chi connectivity index (χ4v) is 3.06. The van der Waals surface area contributed by atoms with Gasteiger partial charge in [-0.1, -0.05) is 58.4 Å². The molecule has 2 rings (SSSR count). The summed E-state index contributed by atoms with van der Waals surface area (Å²) in [6, 6.07) is 8.68. The molecule has 1 saturated heterocycles. The Labute approximate surface area is 123 Å². The van der Waals surface area contributed by atoms with Gasteiger partial charge in [0.2, 0.25) is 0 Å². The molecule has 2 nitrogen and oxygen atoms in total. The first kappa shape index (κ1) is 15.5. The molecule has 3 atom stereocenters. The summed E-state index contributed by atoms with van der Waals surface area (Å²) in [5.74, 6) is 0.754. The molecule has 0 spiro atoms. The third-order valence-electron chi connectivity index (χ3n) is 4.62. The largest absolute Gasteiger partial charge is 0.387 e. The molecule has 20 heavy (non-hydrogen) atoms.